The average molecular weight is 482 g/mol. The molecule has 0 saturated carbocycles. The zero-order chi connectivity index (χ0) is 25.6. The van der Waals surface area contributed by atoms with E-state index in [1.165, 1.54) is 13.3 Å². The van der Waals surface area contributed by atoms with Gasteiger partial charge < -0.3 is 20.5 Å². The first kappa shape index (κ1) is 26.4. The Kier molecular flexibility index (Phi) is 8.70. The minimum Gasteiger partial charge on any atom is -0.348 e. The van der Waals surface area contributed by atoms with E-state index in [1.54, 1.807) is 6.20 Å². The van der Waals surface area contributed by atoms with Gasteiger partial charge in [-0.3, -0.25) is 14.4 Å². The van der Waals surface area contributed by atoms with Crippen LogP contribution in [0.5, 0.6) is 0 Å². The molecular weight excluding hydrogens is 442 g/mol. The summed E-state index contributed by atoms with van der Waals surface area (Å²) in [4.78, 5) is 47.6. The number of nitrogens with zero attached hydrogens (tertiary/aromatic N) is 2. The van der Waals surface area contributed by atoms with Gasteiger partial charge in [0.15, 0.2) is 0 Å². The number of rotatable bonds is 8. The zero-order valence-electron chi connectivity index (χ0n) is 21.6. The lowest BCUT2D eigenvalue weighted by molar-refractivity contribution is -0.138. The van der Waals surface area contributed by atoms with Gasteiger partial charge in [-0.25, -0.2) is 4.98 Å². The second kappa shape index (κ2) is 11.5. The van der Waals surface area contributed by atoms with Crippen LogP contribution in [0.1, 0.15) is 57.4 Å². The Hall–Kier alpha value is -3.16. The molecule has 8 nitrogen and oxygen atoms in total. The summed E-state index contributed by atoms with van der Waals surface area (Å²) in [5.41, 5.74) is 3.05. The lowest BCUT2D eigenvalue weighted by atomic mass is 9.75. The largest absolute Gasteiger partial charge is 0.348 e. The van der Waals surface area contributed by atoms with E-state index in [1.807, 2.05) is 36.1 Å². The van der Waals surface area contributed by atoms with Gasteiger partial charge in [0.25, 0.3) is 0 Å². The highest BCUT2D eigenvalue weighted by Crippen LogP contribution is 2.34. The van der Waals surface area contributed by atoms with E-state index in [9.17, 15) is 14.4 Å². The molecule has 3 amide bonds. The summed E-state index contributed by atoms with van der Waals surface area (Å²) in [5, 5.41) is 5.67. The van der Waals surface area contributed by atoms with E-state index < -0.39 is 12.1 Å². The number of likely N-dealkylation sites (tertiary alicyclic amines) is 1. The third-order valence-electron chi connectivity index (χ3n) is 6.88. The van der Waals surface area contributed by atoms with Crippen LogP contribution in [0.15, 0.2) is 36.8 Å². The highest BCUT2D eigenvalue weighted by Gasteiger charge is 2.34. The number of nitrogens with one attached hydrogen (secondary N) is 3. The fraction of sp³-hybridized carbons (Fsp3) is 0.556. The molecule has 1 aliphatic rings. The molecule has 190 valence electrons. The number of aromatic amines is 1. The Morgan fingerprint density at radius 3 is 2.26 bits per heavy atom. The minimum atomic E-state index is -0.812. The molecule has 0 radical (unpaired) electrons. The van der Waals surface area contributed by atoms with Gasteiger partial charge in [0.2, 0.25) is 17.7 Å². The van der Waals surface area contributed by atoms with Crippen molar-refractivity contribution in [3.63, 3.8) is 0 Å². The van der Waals surface area contributed by atoms with Crippen molar-refractivity contribution in [1.82, 2.24) is 25.5 Å². The van der Waals surface area contributed by atoms with Crippen molar-refractivity contribution in [3.8, 4) is 0 Å². The molecule has 1 aromatic carbocycles. The first-order chi connectivity index (χ1) is 16.5. The standard InChI is InChI=1S/C27H39N5O3/c1-18-6-8-20(9-7-18)14-24(26(35)32-12-10-21(11-13-32)27(3,4)5)31-25(34)23(30-19(2)33)15-22-16-28-17-29-22/h6-9,16-17,21,23-24H,10-15H2,1-5H3,(H,28,29)(H,30,33)(H,31,34)/t23-,24-/m0/s1. The van der Waals surface area contributed by atoms with Crippen molar-refractivity contribution in [2.45, 2.75) is 72.4 Å². The van der Waals surface area contributed by atoms with Gasteiger partial charge >= 0.3 is 0 Å². The Bertz CT molecular complexity index is 987. The average Bonchev–Trinajstić information content (AvgIpc) is 3.31. The maximum absolute atomic E-state index is 13.6. The molecule has 0 spiro atoms. The van der Waals surface area contributed by atoms with Crippen LogP contribution in [-0.4, -0.2) is 57.8 Å². The normalized spacial score (nSPS) is 16.4. The predicted octanol–water partition coefficient (Wildman–Crippen LogP) is 2.78. The highest BCUT2D eigenvalue weighted by atomic mass is 16.2. The van der Waals surface area contributed by atoms with Crippen LogP contribution in [0.2, 0.25) is 0 Å². The lowest BCUT2D eigenvalue weighted by Crippen LogP contribution is -2.56. The van der Waals surface area contributed by atoms with Gasteiger partial charge in [0, 0.05) is 44.7 Å². The number of benzene rings is 1. The molecule has 2 atom stereocenters. The first-order valence-corrected chi connectivity index (χ1v) is 12.4. The third-order valence-corrected chi connectivity index (χ3v) is 6.88. The Labute approximate surface area is 208 Å². The monoisotopic (exact) mass is 481 g/mol. The molecule has 3 rings (SSSR count). The number of H-pyrrole nitrogens is 1. The van der Waals surface area contributed by atoms with Gasteiger partial charge in [-0.15, -0.1) is 0 Å². The van der Waals surface area contributed by atoms with E-state index in [-0.39, 0.29) is 29.6 Å². The number of hydrogen-bond donors (Lipinski definition) is 3. The highest BCUT2D eigenvalue weighted by molar-refractivity contribution is 5.92. The smallest absolute Gasteiger partial charge is 0.245 e. The summed E-state index contributed by atoms with van der Waals surface area (Å²) in [5.74, 6) is -0.204. The number of piperidine rings is 1. The second-order valence-electron chi connectivity index (χ2n) is 10.8. The Balaban J connectivity index is 1.76. The van der Waals surface area contributed by atoms with Gasteiger partial charge in [-0.05, 0) is 36.7 Å². The molecule has 2 heterocycles. The summed E-state index contributed by atoms with van der Waals surface area (Å²) >= 11 is 0. The first-order valence-electron chi connectivity index (χ1n) is 12.4. The molecule has 2 aromatic rings. The molecule has 0 bridgehead atoms. The van der Waals surface area contributed by atoms with Crippen LogP contribution in [0.4, 0.5) is 0 Å². The zero-order valence-corrected chi connectivity index (χ0v) is 21.6. The summed E-state index contributed by atoms with van der Waals surface area (Å²) in [6.45, 7) is 11.5. The number of hydrogen-bond acceptors (Lipinski definition) is 4. The molecule has 0 aliphatic carbocycles. The quantitative estimate of drug-likeness (QED) is 0.539. The van der Waals surface area contributed by atoms with Crippen molar-refractivity contribution in [2.24, 2.45) is 11.3 Å². The molecule has 1 fully saturated rings. The summed E-state index contributed by atoms with van der Waals surface area (Å²) in [6.07, 6.45) is 5.71. The number of carbonyl (C=O) groups excluding carboxylic acids is 3. The molecule has 1 saturated heterocycles. The van der Waals surface area contributed by atoms with Crippen LogP contribution >= 0.6 is 0 Å². The van der Waals surface area contributed by atoms with Crippen LogP contribution < -0.4 is 10.6 Å². The number of aromatic nitrogens is 2. The molecule has 35 heavy (non-hydrogen) atoms. The van der Waals surface area contributed by atoms with Gasteiger partial charge in [0.05, 0.1) is 6.33 Å². The van der Waals surface area contributed by atoms with Crippen molar-refractivity contribution < 1.29 is 14.4 Å². The topological polar surface area (TPSA) is 107 Å². The minimum absolute atomic E-state index is 0.0746. The lowest BCUT2D eigenvalue weighted by Gasteiger charge is -2.40. The van der Waals surface area contributed by atoms with Crippen molar-refractivity contribution in [3.05, 3.63) is 53.6 Å². The number of aryl methyl sites for hydroxylation is 1. The van der Waals surface area contributed by atoms with E-state index in [0.717, 1.165) is 29.7 Å². The predicted molar refractivity (Wildman–Crippen MR) is 135 cm³/mol. The number of carbonyl (C=O) groups is 3. The van der Waals surface area contributed by atoms with Crippen molar-refractivity contribution >= 4 is 17.7 Å². The summed E-state index contributed by atoms with van der Waals surface area (Å²) < 4.78 is 0. The fourth-order valence-corrected chi connectivity index (χ4v) is 4.69. The molecule has 3 N–H and O–H groups in total. The van der Waals surface area contributed by atoms with Crippen molar-refractivity contribution in [1.29, 1.82) is 0 Å². The Morgan fingerprint density at radius 2 is 1.71 bits per heavy atom. The molecule has 1 aliphatic heterocycles. The second-order valence-corrected chi connectivity index (χ2v) is 10.8. The van der Waals surface area contributed by atoms with Gasteiger partial charge in [0.1, 0.15) is 12.1 Å². The SMILES string of the molecule is CC(=O)N[C@@H](Cc1cnc[nH]1)C(=O)N[C@@H](Cc1ccc(C)cc1)C(=O)N1CCC(C(C)(C)C)CC1. The van der Waals surface area contributed by atoms with Crippen molar-refractivity contribution in [2.75, 3.05) is 13.1 Å². The summed E-state index contributed by atoms with van der Waals surface area (Å²) in [7, 11) is 0. The van der Waals surface area contributed by atoms with E-state index in [4.69, 9.17) is 0 Å². The molecular formula is C27H39N5O3. The number of imidazole rings is 1. The molecule has 0 unspecified atom stereocenters. The maximum Gasteiger partial charge on any atom is 0.245 e. The van der Waals surface area contributed by atoms with E-state index in [2.05, 4.69) is 41.4 Å². The Morgan fingerprint density at radius 1 is 1.06 bits per heavy atom. The molecule has 8 heteroatoms. The van der Waals surface area contributed by atoms with Crippen LogP contribution in [0, 0.1) is 18.3 Å². The van der Waals surface area contributed by atoms with E-state index >= 15 is 0 Å². The van der Waals surface area contributed by atoms with E-state index in [0.29, 0.717) is 25.4 Å². The van der Waals surface area contributed by atoms with Crippen LogP contribution in [-0.2, 0) is 27.2 Å². The molecule has 1 aromatic heterocycles. The third kappa shape index (κ3) is 7.67. The maximum atomic E-state index is 13.6. The van der Waals surface area contributed by atoms with Gasteiger partial charge in [-0.2, -0.15) is 0 Å². The van der Waals surface area contributed by atoms with Gasteiger partial charge in [-0.1, -0.05) is 50.6 Å². The summed E-state index contributed by atoms with van der Waals surface area (Å²) in [6, 6.07) is 6.47. The van der Waals surface area contributed by atoms with Crippen LogP contribution in [0.25, 0.3) is 0 Å². The number of amides is 3. The fourth-order valence-electron chi connectivity index (χ4n) is 4.69. The van der Waals surface area contributed by atoms with Crippen LogP contribution in [0.3, 0.4) is 0 Å².